The van der Waals surface area contributed by atoms with E-state index in [2.05, 4.69) is 10.6 Å². The molecule has 3 N–H and O–H groups in total. The number of nitrogens with one attached hydrogen (secondary N) is 2. The van der Waals surface area contributed by atoms with Crippen molar-refractivity contribution in [1.82, 2.24) is 10.6 Å². The molecule has 1 rings (SSSR count). The molecular formula is C10H14N2O4. The van der Waals surface area contributed by atoms with Crippen molar-refractivity contribution in [1.29, 1.82) is 0 Å². The minimum absolute atomic E-state index is 0.0195. The standard InChI is InChI=1S/C10H14N2O4/c13-5-2-4-11-9(14)10(15)12-7-8-3-1-6-16-8/h1,3,6,13H,2,4-5,7H2,(H,11,14)(H,12,15). The summed E-state index contributed by atoms with van der Waals surface area (Å²) >= 11 is 0. The van der Waals surface area contributed by atoms with Crippen molar-refractivity contribution in [3.63, 3.8) is 0 Å². The number of amides is 2. The van der Waals surface area contributed by atoms with E-state index >= 15 is 0 Å². The third kappa shape index (κ3) is 4.14. The van der Waals surface area contributed by atoms with Crippen LogP contribution in [0.4, 0.5) is 0 Å². The molecule has 0 saturated carbocycles. The molecular weight excluding hydrogens is 212 g/mol. The number of carbonyl (C=O) groups is 2. The lowest BCUT2D eigenvalue weighted by Gasteiger charge is -2.04. The zero-order valence-corrected chi connectivity index (χ0v) is 8.73. The molecule has 1 aromatic heterocycles. The van der Waals surface area contributed by atoms with Gasteiger partial charge >= 0.3 is 11.8 Å². The van der Waals surface area contributed by atoms with E-state index in [0.29, 0.717) is 12.2 Å². The Morgan fingerprint density at radius 2 is 2.06 bits per heavy atom. The fourth-order valence-electron chi connectivity index (χ4n) is 1.02. The fourth-order valence-corrected chi connectivity index (χ4v) is 1.02. The molecule has 1 aromatic rings. The first-order valence-corrected chi connectivity index (χ1v) is 4.93. The molecule has 0 aromatic carbocycles. The van der Waals surface area contributed by atoms with E-state index in [0.717, 1.165) is 0 Å². The number of aliphatic hydroxyl groups is 1. The summed E-state index contributed by atoms with van der Waals surface area (Å²) in [5.74, 6) is -0.842. The van der Waals surface area contributed by atoms with Gasteiger partial charge in [-0.15, -0.1) is 0 Å². The quantitative estimate of drug-likeness (QED) is 0.461. The van der Waals surface area contributed by atoms with Crippen molar-refractivity contribution in [3.8, 4) is 0 Å². The molecule has 6 heteroatoms. The van der Waals surface area contributed by atoms with Gasteiger partial charge in [0.15, 0.2) is 0 Å². The summed E-state index contributed by atoms with van der Waals surface area (Å²) in [6, 6.07) is 3.40. The second-order valence-corrected chi connectivity index (χ2v) is 3.10. The number of hydrogen-bond acceptors (Lipinski definition) is 4. The van der Waals surface area contributed by atoms with Crippen molar-refractivity contribution >= 4 is 11.8 Å². The van der Waals surface area contributed by atoms with Crippen LogP contribution in [-0.4, -0.2) is 30.1 Å². The summed E-state index contributed by atoms with van der Waals surface area (Å²) in [6.07, 6.45) is 1.92. The van der Waals surface area contributed by atoms with E-state index in [-0.39, 0.29) is 19.7 Å². The second-order valence-electron chi connectivity index (χ2n) is 3.10. The molecule has 88 valence electrons. The molecule has 0 aliphatic rings. The molecule has 0 fully saturated rings. The smallest absolute Gasteiger partial charge is 0.309 e. The minimum Gasteiger partial charge on any atom is -0.467 e. The topological polar surface area (TPSA) is 91.6 Å². The SMILES string of the molecule is O=C(NCCCO)C(=O)NCc1ccco1. The number of aliphatic hydroxyl groups excluding tert-OH is 1. The van der Waals surface area contributed by atoms with E-state index < -0.39 is 11.8 Å². The highest BCUT2D eigenvalue weighted by Crippen LogP contribution is 1.97. The van der Waals surface area contributed by atoms with Gasteiger partial charge in [-0.3, -0.25) is 9.59 Å². The Morgan fingerprint density at radius 1 is 1.31 bits per heavy atom. The third-order valence-electron chi connectivity index (χ3n) is 1.83. The van der Waals surface area contributed by atoms with E-state index in [1.165, 1.54) is 6.26 Å². The Kier molecular flexibility index (Phi) is 5.07. The number of furan rings is 1. The van der Waals surface area contributed by atoms with Gasteiger partial charge in [-0.1, -0.05) is 0 Å². The van der Waals surface area contributed by atoms with Gasteiger partial charge in [0.05, 0.1) is 12.8 Å². The highest BCUT2D eigenvalue weighted by molar-refractivity contribution is 6.35. The summed E-state index contributed by atoms with van der Waals surface area (Å²) in [4.78, 5) is 22.3. The first-order valence-electron chi connectivity index (χ1n) is 4.93. The number of carbonyl (C=O) groups excluding carboxylic acids is 2. The zero-order valence-electron chi connectivity index (χ0n) is 8.73. The van der Waals surface area contributed by atoms with Crippen LogP contribution in [0.5, 0.6) is 0 Å². The van der Waals surface area contributed by atoms with Crippen LogP contribution in [0.25, 0.3) is 0 Å². The highest BCUT2D eigenvalue weighted by Gasteiger charge is 2.12. The fraction of sp³-hybridized carbons (Fsp3) is 0.400. The molecule has 16 heavy (non-hydrogen) atoms. The number of rotatable bonds is 5. The Labute approximate surface area is 92.6 Å². The maximum atomic E-state index is 11.2. The maximum absolute atomic E-state index is 11.2. The molecule has 0 atom stereocenters. The molecule has 1 heterocycles. The summed E-state index contributed by atoms with van der Waals surface area (Å²) in [5, 5.41) is 13.3. The van der Waals surface area contributed by atoms with Crippen LogP contribution in [0, 0.1) is 0 Å². The second kappa shape index (κ2) is 6.62. The molecule has 0 bridgehead atoms. The van der Waals surface area contributed by atoms with E-state index in [1.807, 2.05) is 0 Å². The lowest BCUT2D eigenvalue weighted by molar-refractivity contribution is -0.139. The average molecular weight is 226 g/mol. The van der Waals surface area contributed by atoms with Crippen LogP contribution in [0.1, 0.15) is 12.2 Å². The van der Waals surface area contributed by atoms with Gasteiger partial charge in [-0.25, -0.2) is 0 Å². The predicted octanol–water partition coefficient (Wildman–Crippen LogP) is -0.606. The van der Waals surface area contributed by atoms with Crippen LogP contribution in [0.3, 0.4) is 0 Å². The van der Waals surface area contributed by atoms with Crippen LogP contribution in [0.15, 0.2) is 22.8 Å². The maximum Gasteiger partial charge on any atom is 0.309 e. The zero-order chi connectivity index (χ0) is 11.8. The molecule has 0 unspecified atom stereocenters. The average Bonchev–Trinajstić information content (AvgIpc) is 2.79. The Balaban J connectivity index is 2.21. The lowest BCUT2D eigenvalue weighted by atomic mass is 10.4. The van der Waals surface area contributed by atoms with Crippen molar-refractivity contribution in [2.24, 2.45) is 0 Å². The van der Waals surface area contributed by atoms with Crippen molar-refractivity contribution < 1.29 is 19.1 Å². The molecule has 0 aliphatic carbocycles. The Morgan fingerprint density at radius 3 is 2.69 bits per heavy atom. The minimum atomic E-state index is -0.714. The van der Waals surface area contributed by atoms with Crippen molar-refractivity contribution in [2.45, 2.75) is 13.0 Å². The lowest BCUT2D eigenvalue weighted by Crippen LogP contribution is -2.40. The summed E-state index contributed by atoms with van der Waals surface area (Å²) in [6.45, 7) is 0.442. The van der Waals surface area contributed by atoms with Gasteiger partial charge in [-0.05, 0) is 18.6 Å². The summed E-state index contributed by atoms with van der Waals surface area (Å²) < 4.78 is 4.98. The summed E-state index contributed by atoms with van der Waals surface area (Å²) in [7, 11) is 0. The largest absolute Gasteiger partial charge is 0.467 e. The Bertz CT molecular complexity index is 335. The third-order valence-corrected chi connectivity index (χ3v) is 1.83. The molecule has 0 spiro atoms. The first-order chi connectivity index (χ1) is 7.74. The number of hydrogen-bond donors (Lipinski definition) is 3. The molecule has 2 amide bonds. The van der Waals surface area contributed by atoms with Gasteiger partial charge in [-0.2, -0.15) is 0 Å². The summed E-state index contributed by atoms with van der Waals surface area (Å²) in [5.41, 5.74) is 0. The first kappa shape index (κ1) is 12.3. The van der Waals surface area contributed by atoms with Crippen molar-refractivity contribution in [3.05, 3.63) is 24.2 Å². The van der Waals surface area contributed by atoms with E-state index in [1.54, 1.807) is 12.1 Å². The van der Waals surface area contributed by atoms with Gasteiger partial charge in [0.2, 0.25) is 0 Å². The van der Waals surface area contributed by atoms with Crippen molar-refractivity contribution in [2.75, 3.05) is 13.2 Å². The molecule has 0 radical (unpaired) electrons. The van der Waals surface area contributed by atoms with Crippen LogP contribution in [-0.2, 0) is 16.1 Å². The van der Waals surface area contributed by atoms with Gasteiger partial charge < -0.3 is 20.2 Å². The molecule has 6 nitrogen and oxygen atoms in total. The normalized spacial score (nSPS) is 9.81. The molecule has 0 saturated heterocycles. The predicted molar refractivity (Wildman–Crippen MR) is 55.3 cm³/mol. The van der Waals surface area contributed by atoms with Crippen LogP contribution < -0.4 is 10.6 Å². The van der Waals surface area contributed by atoms with E-state index in [9.17, 15) is 9.59 Å². The molecule has 0 aliphatic heterocycles. The van der Waals surface area contributed by atoms with Gasteiger partial charge in [0.25, 0.3) is 0 Å². The Hall–Kier alpha value is -1.82. The van der Waals surface area contributed by atoms with Gasteiger partial charge in [0, 0.05) is 13.2 Å². The van der Waals surface area contributed by atoms with E-state index in [4.69, 9.17) is 9.52 Å². The van der Waals surface area contributed by atoms with Crippen LogP contribution >= 0.6 is 0 Å². The monoisotopic (exact) mass is 226 g/mol. The highest BCUT2D eigenvalue weighted by atomic mass is 16.3. The van der Waals surface area contributed by atoms with Crippen LogP contribution in [0.2, 0.25) is 0 Å². The van der Waals surface area contributed by atoms with Gasteiger partial charge in [0.1, 0.15) is 5.76 Å².